The van der Waals surface area contributed by atoms with Gasteiger partial charge in [0, 0.05) is 0 Å². The summed E-state index contributed by atoms with van der Waals surface area (Å²) >= 11 is 0. The van der Waals surface area contributed by atoms with Gasteiger partial charge in [0.2, 0.25) is 0 Å². The number of aromatic hydroxyl groups is 4. The van der Waals surface area contributed by atoms with Gasteiger partial charge >= 0.3 is 11.9 Å². The van der Waals surface area contributed by atoms with E-state index in [1.165, 1.54) is 12.1 Å². The Balaban J connectivity index is 0.000000231. The lowest BCUT2D eigenvalue weighted by molar-refractivity contribution is -0.136. The van der Waals surface area contributed by atoms with Gasteiger partial charge < -0.3 is 30.6 Å². The van der Waals surface area contributed by atoms with Crippen LogP contribution in [0.1, 0.15) is 15.9 Å². The molecule has 0 saturated heterocycles. The van der Waals surface area contributed by atoms with Gasteiger partial charge in [-0.3, -0.25) is 4.79 Å². The maximum absolute atomic E-state index is 10.3. The van der Waals surface area contributed by atoms with E-state index in [9.17, 15) is 9.59 Å². The van der Waals surface area contributed by atoms with Crippen molar-refractivity contribution < 1.29 is 40.2 Å². The summed E-state index contributed by atoms with van der Waals surface area (Å²) in [5.74, 6) is -4.05. The van der Waals surface area contributed by atoms with Crippen molar-refractivity contribution in [1.29, 1.82) is 0 Å². The van der Waals surface area contributed by atoms with Crippen LogP contribution in [0.5, 0.6) is 23.0 Å². The maximum Gasteiger partial charge on any atom is 0.335 e. The molecule has 6 N–H and O–H groups in total. The molecule has 23 heavy (non-hydrogen) atoms. The van der Waals surface area contributed by atoms with Crippen molar-refractivity contribution in [3.8, 4) is 23.0 Å². The lowest BCUT2D eigenvalue weighted by atomic mass is 10.1. The zero-order chi connectivity index (χ0) is 17.6. The van der Waals surface area contributed by atoms with Crippen LogP contribution in [-0.4, -0.2) is 42.6 Å². The highest BCUT2D eigenvalue weighted by molar-refractivity contribution is 5.89. The summed E-state index contributed by atoms with van der Waals surface area (Å²) in [6.45, 7) is 0. The average molecular weight is 322 g/mol. The van der Waals surface area contributed by atoms with Gasteiger partial charge in [0.15, 0.2) is 17.2 Å². The molecule has 8 heteroatoms. The summed E-state index contributed by atoms with van der Waals surface area (Å²) < 4.78 is 0. The quantitative estimate of drug-likeness (QED) is 0.464. The zero-order valence-corrected chi connectivity index (χ0v) is 11.7. The number of phenols is 4. The van der Waals surface area contributed by atoms with Crippen molar-refractivity contribution in [1.82, 2.24) is 0 Å². The summed E-state index contributed by atoms with van der Waals surface area (Å²) in [5.41, 5.74) is 0.401. The molecule has 2 rings (SSSR count). The maximum atomic E-state index is 10.3. The Labute approximate surface area is 130 Å². The molecule has 0 atom stereocenters. The molecular formula is C15H14O8. The van der Waals surface area contributed by atoms with Gasteiger partial charge in [0.05, 0.1) is 12.0 Å². The van der Waals surface area contributed by atoms with Gasteiger partial charge in [-0.1, -0.05) is 12.1 Å². The second kappa shape index (κ2) is 7.55. The molecule has 0 heterocycles. The molecule has 0 unspecified atom stereocenters. The van der Waals surface area contributed by atoms with Crippen molar-refractivity contribution in [2.24, 2.45) is 0 Å². The zero-order valence-electron chi connectivity index (χ0n) is 11.7. The summed E-state index contributed by atoms with van der Waals surface area (Å²) in [7, 11) is 0. The first-order valence-electron chi connectivity index (χ1n) is 6.18. The van der Waals surface area contributed by atoms with Crippen LogP contribution in [0, 0.1) is 0 Å². The van der Waals surface area contributed by atoms with Crippen LogP contribution in [-0.2, 0) is 11.2 Å². The van der Waals surface area contributed by atoms with E-state index in [0.29, 0.717) is 5.56 Å². The number of hydrogen-bond acceptors (Lipinski definition) is 6. The van der Waals surface area contributed by atoms with Gasteiger partial charge in [-0.2, -0.15) is 0 Å². The summed E-state index contributed by atoms with van der Waals surface area (Å²) in [6.07, 6.45) is 0.000278. The van der Waals surface area contributed by atoms with Crippen molar-refractivity contribution in [2.75, 3.05) is 0 Å². The van der Waals surface area contributed by atoms with Crippen molar-refractivity contribution in [3.05, 3.63) is 47.5 Å². The van der Waals surface area contributed by atoms with E-state index in [4.69, 9.17) is 30.6 Å². The first-order valence-corrected chi connectivity index (χ1v) is 6.18. The molecule has 0 aliphatic carbocycles. The van der Waals surface area contributed by atoms with E-state index in [2.05, 4.69) is 0 Å². The van der Waals surface area contributed by atoms with E-state index in [1.54, 1.807) is 12.1 Å². The number of carboxylic acids is 2. The van der Waals surface area contributed by atoms with Crippen LogP contribution in [0.15, 0.2) is 36.4 Å². The minimum absolute atomic E-state index is 0.000278. The molecule has 0 fully saturated rings. The molecule has 122 valence electrons. The number of benzene rings is 2. The molecular weight excluding hydrogens is 308 g/mol. The monoisotopic (exact) mass is 322 g/mol. The standard InChI is InChI=1S/C8H8O3.C7H6O5/c9-7-3-1-6(2-4-7)5-8(10)11;8-4-1-3(7(11)12)2-5(9)6(4)10/h1-4,9H,5H2,(H,10,11);1-2,8-10H,(H,11,12). The van der Waals surface area contributed by atoms with E-state index in [-0.39, 0.29) is 17.7 Å². The van der Waals surface area contributed by atoms with Crippen LogP contribution in [0.4, 0.5) is 0 Å². The molecule has 2 aromatic rings. The van der Waals surface area contributed by atoms with Gasteiger partial charge in [-0.05, 0) is 29.8 Å². The van der Waals surface area contributed by atoms with Crippen molar-refractivity contribution in [3.63, 3.8) is 0 Å². The predicted octanol–water partition coefficient (Wildman–Crippen LogP) is 1.52. The highest BCUT2D eigenvalue weighted by Crippen LogP contribution is 2.35. The average Bonchev–Trinajstić information content (AvgIpc) is 2.47. The highest BCUT2D eigenvalue weighted by atomic mass is 16.4. The molecule has 0 aromatic heterocycles. The number of rotatable bonds is 3. The Kier molecular flexibility index (Phi) is 5.79. The fourth-order valence-electron chi connectivity index (χ4n) is 1.52. The number of phenolic OH excluding ortho intramolecular Hbond substituents is 4. The topological polar surface area (TPSA) is 156 Å². The second-order valence-electron chi connectivity index (χ2n) is 4.41. The summed E-state index contributed by atoms with van der Waals surface area (Å²) in [5, 5.41) is 52.2. The Morgan fingerprint density at radius 2 is 1.30 bits per heavy atom. The third-order valence-corrected chi connectivity index (χ3v) is 2.61. The van der Waals surface area contributed by atoms with Gasteiger partial charge in [-0.25, -0.2) is 4.79 Å². The Morgan fingerprint density at radius 1 is 0.826 bits per heavy atom. The third-order valence-electron chi connectivity index (χ3n) is 2.61. The van der Waals surface area contributed by atoms with Crippen LogP contribution < -0.4 is 0 Å². The first kappa shape index (κ1) is 17.6. The number of hydrogen-bond donors (Lipinski definition) is 6. The van der Waals surface area contributed by atoms with E-state index in [0.717, 1.165) is 12.1 Å². The fourth-order valence-corrected chi connectivity index (χ4v) is 1.52. The molecule has 0 saturated carbocycles. The highest BCUT2D eigenvalue weighted by Gasteiger charge is 2.11. The number of carboxylic acid groups (broad SMARTS) is 2. The summed E-state index contributed by atoms with van der Waals surface area (Å²) in [4.78, 5) is 20.5. The normalized spacial score (nSPS) is 9.57. The lowest BCUT2D eigenvalue weighted by Gasteiger charge is -2.01. The molecule has 0 aliphatic rings. The third kappa shape index (κ3) is 5.46. The molecule has 0 bridgehead atoms. The predicted molar refractivity (Wildman–Crippen MR) is 77.8 cm³/mol. The number of aliphatic carboxylic acids is 1. The molecule has 0 spiro atoms. The van der Waals surface area contributed by atoms with E-state index >= 15 is 0 Å². The Hall–Kier alpha value is -3.42. The lowest BCUT2D eigenvalue weighted by Crippen LogP contribution is -1.98. The fraction of sp³-hybridized carbons (Fsp3) is 0.0667. The second-order valence-corrected chi connectivity index (χ2v) is 4.41. The van der Waals surface area contributed by atoms with Crippen LogP contribution >= 0.6 is 0 Å². The van der Waals surface area contributed by atoms with Crippen LogP contribution in [0.2, 0.25) is 0 Å². The molecule has 0 aliphatic heterocycles. The van der Waals surface area contributed by atoms with Crippen LogP contribution in [0.3, 0.4) is 0 Å². The molecule has 8 nitrogen and oxygen atoms in total. The Bertz CT molecular complexity index is 683. The van der Waals surface area contributed by atoms with E-state index in [1.807, 2.05) is 0 Å². The largest absolute Gasteiger partial charge is 0.508 e. The first-order chi connectivity index (χ1) is 10.7. The van der Waals surface area contributed by atoms with Gasteiger partial charge in [-0.15, -0.1) is 0 Å². The Morgan fingerprint density at radius 3 is 1.70 bits per heavy atom. The molecule has 0 radical (unpaired) electrons. The molecule has 0 amide bonds. The van der Waals surface area contributed by atoms with E-state index < -0.39 is 29.2 Å². The minimum Gasteiger partial charge on any atom is -0.508 e. The van der Waals surface area contributed by atoms with Crippen LogP contribution in [0.25, 0.3) is 0 Å². The molecule has 2 aromatic carbocycles. The SMILES string of the molecule is O=C(O)Cc1ccc(O)cc1.O=C(O)c1cc(O)c(O)c(O)c1. The summed E-state index contributed by atoms with van der Waals surface area (Å²) in [6, 6.07) is 7.80. The van der Waals surface area contributed by atoms with Crippen molar-refractivity contribution >= 4 is 11.9 Å². The smallest absolute Gasteiger partial charge is 0.335 e. The van der Waals surface area contributed by atoms with Crippen molar-refractivity contribution in [2.45, 2.75) is 6.42 Å². The van der Waals surface area contributed by atoms with Gasteiger partial charge in [0.1, 0.15) is 5.75 Å². The number of aromatic carboxylic acids is 1. The number of carbonyl (C=O) groups is 2. The minimum atomic E-state index is -1.29. The van der Waals surface area contributed by atoms with Gasteiger partial charge in [0.25, 0.3) is 0 Å².